The molecule has 0 heterocycles. The van der Waals surface area contributed by atoms with Gasteiger partial charge in [0.15, 0.2) is 11.5 Å². The number of carbonyl (C=O) groups excluding carboxylic acids is 3. The van der Waals surface area contributed by atoms with Crippen LogP contribution in [-0.4, -0.2) is 30.6 Å². The summed E-state index contributed by atoms with van der Waals surface area (Å²) in [7, 11) is 0. The van der Waals surface area contributed by atoms with Gasteiger partial charge in [0.05, 0.1) is 18.4 Å². The van der Waals surface area contributed by atoms with Crippen LogP contribution in [0.4, 0.5) is 5.69 Å². The highest BCUT2D eigenvalue weighted by molar-refractivity contribution is 6.05. The summed E-state index contributed by atoms with van der Waals surface area (Å²) < 4.78 is 11.2. The number of hydrogen-bond donors (Lipinski definition) is 2. The predicted molar refractivity (Wildman–Crippen MR) is 154 cm³/mol. The molecule has 0 aliphatic rings. The molecule has 0 radical (unpaired) electrons. The first kappa shape index (κ1) is 27.8. The topological polar surface area (TPSA) is 106 Å². The van der Waals surface area contributed by atoms with Gasteiger partial charge in [0, 0.05) is 16.8 Å². The average molecular weight is 536 g/mol. The quantitative estimate of drug-likeness (QED) is 0.119. The first-order valence-electron chi connectivity index (χ1n) is 12.7. The Morgan fingerprint density at radius 3 is 2.25 bits per heavy atom. The molecule has 40 heavy (non-hydrogen) atoms. The van der Waals surface area contributed by atoms with Crippen LogP contribution in [0.5, 0.6) is 11.5 Å². The third-order valence-electron chi connectivity index (χ3n) is 5.80. The van der Waals surface area contributed by atoms with Gasteiger partial charge in [-0.15, -0.1) is 0 Å². The molecular formula is C32H29N3O5. The lowest BCUT2D eigenvalue weighted by Gasteiger charge is -2.11. The van der Waals surface area contributed by atoms with Gasteiger partial charge in [0.25, 0.3) is 11.8 Å². The molecule has 0 unspecified atom stereocenters. The maximum Gasteiger partial charge on any atom is 0.343 e. The summed E-state index contributed by atoms with van der Waals surface area (Å²) in [4.78, 5) is 37.8. The number of nitrogens with one attached hydrogen (secondary N) is 2. The van der Waals surface area contributed by atoms with E-state index in [9.17, 15) is 14.4 Å². The molecule has 4 aromatic rings. The van der Waals surface area contributed by atoms with Crippen molar-refractivity contribution in [2.75, 3.05) is 11.9 Å². The highest BCUT2D eigenvalue weighted by Gasteiger charge is 2.14. The third kappa shape index (κ3) is 7.41. The lowest BCUT2D eigenvalue weighted by molar-refractivity contribution is 0.0727. The predicted octanol–water partition coefficient (Wildman–Crippen LogP) is 5.94. The van der Waals surface area contributed by atoms with Crippen LogP contribution in [0.3, 0.4) is 0 Å². The Balaban J connectivity index is 1.39. The van der Waals surface area contributed by atoms with Gasteiger partial charge in [-0.2, -0.15) is 5.10 Å². The maximum atomic E-state index is 12.7. The smallest absolute Gasteiger partial charge is 0.343 e. The van der Waals surface area contributed by atoms with Crippen LogP contribution in [0, 0.1) is 13.8 Å². The van der Waals surface area contributed by atoms with Gasteiger partial charge in [-0.3, -0.25) is 9.59 Å². The second-order valence-electron chi connectivity index (χ2n) is 9.00. The number of carbonyl (C=O) groups is 3. The summed E-state index contributed by atoms with van der Waals surface area (Å²) in [6.45, 7) is 6.04. The van der Waals surface area contributed by atoms with E-state index < -0.39 is 11.9 Å². The molecule has 4 rings (SSSR count). The molecule has 8 heteroatoms. The highest BCUT2D eigenvalue weighted by Crippen LogP contribution is 2.29. The molecule has 0 atom stereocenters. The van der Waals surface area contributed by atoms with Crippen molar-refractivity contribution in [1.82, 2.24) is 5.43 Å². The molecule has 0 aliphatic carbocycles. The van der Waals surface area contributed by atoms with Crippen LogP contribution in [0.25, 0.3) is 0 Å². The number of nitrogens with zero attached hydrogens (tertiary/aromatic N) is 1. The lowest BCUT2D eigenvalue weighted by atomic mass is 10.1. The van der Waals surface area contributed by atoms with E-state index in [1.165, 1.54) is 6.21 Å². The minimum absolute atomic E-state index is 0.270. The van der Waals surface area contributed by atoms with E-state index in [2.05, 4.69) is 15.8 Å². The average Bonchev–Trinajstić information content (AvgIpc) is 2.95. The van der Waals surface area contributed by atoms with Gasteiger partial charge in [-0.05, 0) is 87.0 Å². The van der Waals surface area contributed by atoms with Crippen LogP contribution < -0.4 is 20.2 Å². The number of hydrogen-bond acceptors (Lipinski definition) is 6. The summed E-state index contributed by atoms with van der Waals surface area (Å²) in [5.41, 5.74) is 6.89. The highest BCUT2D eigenvalue weighted by atomic mass is 16.6. The maximum absolute atomic E-state index is 12.7. The van der Waals surface area contributed by atoms with Gasteiger partial charge in [0.1, 0.15) is 0 Å². The molecule has 2 N–H and O–H groups in total. The second kappa shape index (κ2) is 13.0. The molecule has 4 aromatic carbocycles. The SMILES string of the molecule is CCOc1cc(C=NNC(=O)c2cccc(NC(=O)c3ccc(C)cc3)c2)ccc1OC(=O)c1cccc(C)c1. The van der Waals surface area contributed by atoms with E-state index in [4.69, 9.17) is 9.47 Å². The van der Waals surface area contributed by atoms with E-state index in [0.29, 0.717) is 40.3 Å². The molecule has 0 saturated carbocycles. The van der Waals surface area contributed by atoms with Gasteiger partial charge in [0.2, 0.25) is 0 Å². The number of esters is 1. The zero-order valence-corrected chi connectivity index (χ0v) is 22.4. The summed E-state index contributed by atoms with van der Waals surface area (Å²) in [5.74, 6) is -0.560. The van der Waals surface area contributed by atoms with Crippen LogP contribution in [0.15, 0.2) is 96.1 Å². The molecule has 8 nitrogen and oxygen atoms in total. The Labute approximate surface area is 232 Å². The van der Waals surface area contributed by atoms with E-state index in [1.54, 1.807) is 72.8 Å². The molecule has 0 spiro atoms. The van der Waals surface area contributed by atoms with Crippen molar-refractivity contribution >= 4 is 29.7 Å². The zero-order chi connectivity index (χ0) is 28.5. The van der Waals surface area contributed by atoms with Crippen LogP contribution in [0.1, 0.15) is 54.7 Å². The Morgan fingerprint density at radius 1 is 0.750 bits per heavy atom. The van der Waals surface area contributed by atoms with Gasteiger partial charge in [-0.1, -0.05) is 41.5 Å². The second-order valence-corrected chi connectivity index (χ2v) is 9.00. The van der Waals surface area contributed by atoms with Crippen LogP contribution in [0.2, 0.25) is 0 Å². The van der Waals surface area contributed by atoms with Crippen LogP contribution in [-0.2, 0) is 0 Å². The molecule has 0 bridgehead atoms. The van der Waals surface area contributed by atoms with Crippen molar-refractivity contribution in [3.63, 3.8) is 0 Å². The lowest BCUT2D eigenvalue weighted by Crippen LogP contribution is -2.18. The fourth-order valence-corrected chi connectivity index (χ4v) is 3.76. The summed E-state index contributed by atoms with van der Waals surface area (Å²) in [6.07, 6.45) is 1.45. The van der Waals surface area contributed by atoms with Crippen molar-refractivity contribution in [2.45, 2.75) is 20.8 Å². The first-order valence-corrected chi connectivity index (χ1v) is 12.7. The van der Waals surface area contributed by atoms with E-state index in [-0.39, 0.29) is 11.7 Å². The number of benzene rings is 4. The molecule has 0 saturated heterocycles. The fourth-order valence-electron chi connectivity index (χ4n) is 3.76. The monoisotopic (exact) mass is 535 g/mol. The normalized spacial score (nSPS) is 10.7. The molecule has 0 aliphatic heterocycles. The fraction of sp³-hybridized carbons (Fsp3) is 0.125. The van der Waals surface area contributed by atoms with Gasteiger partial charge >= 0.3 is 5.97 Å². The van der Waals surface area contributed by atoms with E-state index in [1.807, 2.05) is 39.0 Å². The number of aryl methyl sites for hydroxylation is 2. The van der Waals surface area contributed by atoms with Crippen LogP contribution >= 0.6 is 0 Å². The van der Waals surface area contributed by atoms with Crippen molar-refractivity contribution in [3.05, 3.63) is 124 Å². The van der Waals surface area contributed by atoms with Crippen molar-refractivity contribution < 1.29 is 23.9 Å². The molecule has 0 fully saturated rings. The first-order chi connectivity index (χ1) is 19.3. The summed E-state index contributed by atoms with van der Waals surface area (Å²) in [6, 6.07) is 25.9. The molecule has 0 aromatic heterocycles. The Hall–Kier alpha value is -5.24. The largest absolute Gasteiger partial charge is 0.490 e. The molecule has 2 amide bonds. The number of rotatable bonds is 9. The van der Waals surface area contributed by atoms with Crippen molar-refractivity contribution in [3.8, 4) is 11.5 Å². The van der Waals surface area contributed by atoms with Crippen molar-refractivity contribution in [2.24, 2.45) is 5.10 Å². The molecular weight excluding hydrogens is 506 g/mol. The number of amides is 2. The molecule has 202 valence electrons. The van der Waals surface area contributed by atoms with E-state index in [0.717, 1.165) is 11.1 Å². The van der Waals surface area contributed by atoms with Gasteiger partial charge < -0.3 is 14.8 Å². The Kier molecular flexibility index (Phi) is 9.04. The number of anilines is 1. The Morgan fingerprint density at radius 2 is 1.50 bits per heavy atom. The summed E-state index contributed by atoms with van der Waals surface area (Å²) >= 11 is 0. The van der Waals surface area contributed by atoms with Crippen molar-refractivity contribution in [1.29, 1.82) is 0 Å². The minimum atomic E-state index is -0.490. The Bertz CT molecular complexity index is 1560. The summed E-state index contributed by atoms with van der Waals surface area (Å²) in [5, 5.41) is 6.84. The van der Waals surface area contributed by atoms with Gasteiger partial charge in [-0.25, -0.2) is 10.2 Å². The third-order valence-corrected chi connectivity index (χ3v) is 5.80. The minimum Gasteiger partial charge on any atom is -0.490 e. The number of hydrazone groups is 1. The zero-order valence-electron chi connectivity index (χ0n) is 22.4. The van der Waals surface area contributed by atoms with E-state index >= 15 is 0 Å². The standard InChI is InChI=1S/C32H29N3O5/c1-4-39-29-18-23(13-16-28(29)40-32(38)26-9-5-7-22(3)17-26)20-33-35-31(37)25-8-6-10-27(19-25)34-30(36)24-14-11-21(2)12-15-24/h5-20H,4H2,1-3H3,(H,34,36)(H,35,37). The number of ether oxygens (including phenoxy) is 2.